The lowest BCUT2D eigenvalue weighted by Gasteiger charge is -2.35. The monoisotopic (exact) mass is 481 g/mol. The van der Waals surface area contributed by atoms with E-state index in [2.05, 4.69) is 55.2 Å². The summed E-state index contributed by atoms with van der Waals surface area (Å²) < 4.78 is 2.79. The Morgan fingerprint density at radius 3 is 2.35 bits per heavy atom. The molecule has 1 aliphatic rings. The number of nitrogens with zero attached hydrogens (tertiary/aromatic N) is 4. The number of aromatic nitrogens is 2. The second-order valence-corrected chi connectivity index (χ2v) is 8.82. The zero-order chi connectivity index (χ0) is 22.0. The first-order valence-corrected chi connectivity index (χ1v) is 11.5. The van der Waals surface area contributed by atoms with Gasteiger partial charge < -0.3 is 15.1 Å². The van der Waals surface area contributed by atoms with Crippen LogP contribution in [0.15, 0.2) is 53.1 Å². The summed E-state index contributed by atoms with van der Waals surface area (Å²) in [7, 11) is 0. The zero-order valence-corrected chi connectivity index (χ0v) is 19.8. The predicted octanol–water partition coefficient (Wildman–Crippen LogP) is 4.65. The van der Waals surface area contributed by atoms with E-state index in [0.717, 1.165) is 59.8 Å². The Morgan fingerprint density at radius 1 is 1.03 bits per heavy atom. The molecule has 0 aliphatic carbocycles. The largest absolute Gasteiger partial charge is 0.369 e. The number of halogens is 1. The third-order valence-corrected chi connectivity index (χ3v) is 6.50. The molecule has 1 aromatic heterocycles. The molecule has 0 radical (unpaired) electrons. The number of nitrogens with one attached hydrogen (secondary N) is 1. The Kier molecular flexibility index (Phi) is 6.43. The highest BCUT2D eigenvalue weighted by Gasteiger charge is 2.18. The van der Waals surface area contributed by atoms with Crippen molar-refractivity contribution in [1.82, 2.24) is 14.7 Å². The number of rotatable bonds is 5. The van der Waals surface area contributed by atoms with Crippen LogP contribution in [-0.2, 0) is 0 Å². The van der Waals surface area contributed by atoms with E-state index in [9.17, 15) is 4.79 Å². The molecule has 3 aromatic rings. The van der Waals surface area contributed by atoms with Crippen molar-refractivity contribution in [3.05, 3.63) is 70.0 Å². The van der Waals surface area contributed by atoms with E-state index in [1.165, 1.54) is 5.69 Å². The number of aryl methyl sites for hydroxylation is 1. The van der Waals surface area contributed by atoms with Crippen LogP contribution in [0.1, 0.15) is 28.5 Å². The molecule has 162 valence electrons. The van der Waals surface area contributed by atoms with Gasteiger partial charge in [0.1, 0.15) is 0 Å². The lowest BCUT2D eigenvalue weighted by Crippen LogP contribution is -2.46. The van der Waals surface area contributed by atoms with Gasteiger partial charge >= 0.3 is 0 Å². The Labute approximate surface area is 192 Å². The van der Waals surface area contributed by atoms with E-state index >= 15 is 0 Å². The van der Waals surface area contributed by atoms with Crippen LogP contribution < -0.4 is 10.2 Å². The van der Waals surface area contributed by atoms with Crippen molar-refractivity contribution in [2.75, 3.05) is 42.9 Å². The fourth-order valence-corrected chi connectivity index (χ4v) is 4.24. The molecule has 4 rings (SSSR count). The van der Waals surface area contributed by atoms with Gasteiger partial charge in [0.2, 0.25) is 0 Å². The second-order valence-electron chi connectivity index (χ2n) is 7.91. The number of likely N-dealkylation sites (N-methyl/N-ethyl adjacent to an activating group) is 1. The summed E-state index contributed by atoms with van der Waals surface area (Å²) in [5, 5.41) is 7.48. The summed E-state index contributed by atoms with van der Waals surface area (Å²) in [4.78, 5) is 17.8. The molecule has 2 heterocycles. The quantitative estimate of drug-likeness (QED) is 0.576. The SMILES string of the molecule is CCN1CCN(c2ccc(NC(=O)c3cnn(-c4ccc(Br)cc4)c3C)c(C)c2)CC1. The van der Waals surface area contributed by atoms with Crippen molar-refractivity contribution in [3.63, 3.8) is 0 Å². The molecule has 1 N–H and O–H groups in total. The molecule has 0 bridgehead atoms. The highest BCUT2D eigenvalue weighted by atomic mass is 79.9. The number of carbonyl (C=O) groups excluding carboxylic acids is 1. The topological polar surface area (TPSA) is 53.4 Å². The van der Waals surface area contributed by atoms with Gasteiger partial charge in [-0.25, -0.2) is 4.68 Å². The first kappa shape index (κ1) is 21.6. The molecule has 0 spiro atoms. The minimum atomic E-state index is -0.145. The maximum Gasteiger partial charge on any atom is 0.259 e. The van der Waals surface area contributed by atoms with Gasteiger partial charge in [0.15, 0.2) is 0 Å². The maximum absolute atomic E-state index is 13.0. The molecule has 1 fully saturated rings. The number of anilines is 2. The van der Waals surface area contributed by atoms with E-state index in [-0.39, 0.29) is 5.91 Å². The summed E-state index contributed by atoms with van der Waals surface area (Å²) in [6.45, 7) is 11.5. The maximum atomic E-state index is 13.0. The molecule has 1 saturated heterocycles. The molecule has 31 heavy (non-hydrogen) atoms. The molecule has 0 unspecified atom stereocenters. The first-order chi connectivity index (χ1) is 15.0. The summed E-state index contributed by atoms with van der Waals surface area (Å²) >= 11 is 3.45. The third-order valence-electron chi connectivity index (χ3n) is 5.97. The highest BCUT2D eigenvalue weighted by Crippen LogP contribution is 2.25. The van der Waals surface area contributed by atoms with Gasteiger partial charge in [-0.05, 0) is 68.4 Å². The zero-order valence-electron chi connectivity index (χ0n) is 18.2. The summed E-state index contributed by atoms with van der Waals surface area (Å²) in [5.41, 5.74) is 5.40. The third kappa shape index (κ3) is 4.67. The number of hydrogen-bond donors (Lipinski definition) is 1. The molecular weight excluding hydrogens is 454 g/mol. The average molecular weight is 482 g/mol. The van der Waals surface area contributed by atoms with E-state index in [0.29, 0.717) is 5.56 Å². The number of piperazine rings is 1. The number of benzene rings is 2. The predicted molar refractivity (Wildman–Crippen MR) is 129 cm³/mol. The van der Waals surface area contributed by atoms with Gasteiger partial charge in [-0.1, -0.05) is 22.9 Å². The molecule has 6 nitrogen and oxygen atoms in total. The van der Waals surface area contributed by atoms with Crippen LogP contribution in [0.25, 0.3) is 5.69 Å². The molecule has 1 amide bonds. The lowest BCUT2D eigenvalue weighted by atomic mass is 10.1. The minimum absolute atomic E-state index is 0.145. The number of carbonyl (C=O) groups is 1. The van der Waals surface area contributed by atoms with Crippen molar-refractivity contribution >= 4 is 33.2 Å². The summed E-state index contributed by atoms with van der Waals surface area (Å²) in [6, 6.07) is 14.1. The number of amides is 1. The smallest absolute Gasteiger partial charge is 0.259 e. The van der Waals surface area contributed by atoms with Crippen molar-refractivity contribution in [2.24, 2.45) is 0 Å². The van der Waals surface area contributed by atoms with E-state index in [1.54, 1.807) is 10.9 Å². The van der Waals surface area contributed by atoms with Crippen LogP contribution >= 0.6 is 15.9 Å². The van der Waals surface area contributed by atoms with Gasteiger partial charge in [0.25, 0.3) is 5.91 Å². The Bertz CT molecular complexity index is 1070. The van der Waals surface area contributed by atoms with Crippen LogP contribution in [0, 0.1) is 13.8 Å². The van der Waals surface area contributed by atoms with Crippen LogP contribution in [0.5, 0.6) is 0 Å². The lowest BCUT2D eigenvalue weighted by molar-refractivity contribution is 0.102. The van der Waals surface area contributed by atoms with Crippen molar-refractivity contribution in [1.29, 1.82) is 0 Å². The van der Waals surface area contributed by atoms with E-state index in [4.69, 9.17) is 0 Å². The fraction of sp³-hybridized carbons (Fsp3) is 0.333. The van der Waals surface area contributed by atoms with Gasteiger partial charge in [-0.2, -0.15) is 5.10 Å². The van der Waals surface area contributed by atoms with E-state index in [1.807, 2.05) is 44.2 Å². The van der Waals surface area contributed by atoms with Crippen LogP contribution in [0.4, 0.5) is 11.4 Å². The van der Waals surface area contributed by atoms with Crippen LogP contribution in [-0.4, -0.2) is 53.3 Å². The highest BCUT2D eigenvalue weighted by molar-refractivity contribution is 9.10. The van der Waals surface area contributed by atoms with Crippen molar-refractivity contribution in [2.45, 2.75) is 20.8 Å². The summed E-state index contributed by atoms with van der Waals surface area (Å²) in [5.74, 6) is -0.145. The standard InChI is InChI=1S/C24H28BrN5O/c1-4-28-11-13-29(14-12-28)21-9-10-23(17(2)15-21)27-24(31)22-16-26-30(18(22)3)20-7-5-19(25)6-8-20/h5-10,15-16H,4,11-14H2,1-3H3,(H,27,31). The fourth-order valence-electron chi connectivity index (χ4n) is 3.97. The van der Waals surface area contributed by atoms with Gasteiger partial charge in [-0.3, -0.25) is 4.79 Å². The molecule has 2 aromatic carbocycles. The average Bonchev–Trinajstić information content (AvgIpc) is 3.17. The van der Waals surface area contributed by atoms with Gasteiger partial charge in [0, 0.05) is 42.0 Å². The van der Waals surface area contributed by atoms with Gasteiger partial charge in [0.05, 0.1) is 23.1 Å². The molecular formula is C24H28BrN5O. The molecule has 0 atom stereocenters. The van der Waals surface area contributed by atoms with Gasteiger partial charge in [-0.15, -0.1) is 0 Å². The van der Waals surface area contributed by atoms with Crippen molar-refractivity contribution < 1.29 is 4.79 Å². The second kappa shape index (κ2) is 9.24. The Hall–Kier alpha value is -2.64. The van der Waals surface area contributed by atoms with Crippen LogP contribution in [0.3, 0.4) is 0 Å². The normalized spacial score (nSPS) is 14.6. The van der Waals surface area contributed by atoms with E-state index < -0.39 is 0 Å². The summed E-state index contributed by atoms with van der Waals surface area (Å²) in [6.07, 6.45) is 1.63. The molecule has 1 aliphatic heterocycles. The Balaban J connectivity index is 1.47. The molecule has 0 saturated carbocycles. The van der Waals surface area contributed by atoms with Crippen LogP contribution in [0.2, 0.25) is 0 Å². The molecule has 7 heteroatoms. The minimum Gasteiger partial charge on any atom is -0.369 e. The number of hydrogen-bond acceptors (Lipinski definition) is 4. The Morgan fingerprint density at radius 2 is 1.71 bits per heavy atom. The van der Waals surface area contributed by atoms with Crippen molar-refractivity contribution in [3.8, 4) is 5.69 Å². The first-order valence-electron chi connectivity index (χ1n) is 10.7.